The van der Waals surface area contributed by atoms with E-state index in [2.05, 4.69) is 60.7 Å². The number of guanidine groups is 1. The van der Waals surface area contributed by atoms with Crippen LogP contribution in [-0.2, 0) is 4.79 Å². The minimum Gasteiger partial charge on any atom is -0.491 e. The molecule has 3 N–H and O–H groups in total. The summed E-state index contributed by atoms with van der Waals surface area (Å²) in [6.45, 7) is 13.6. The van der Waals surface area contributed by atoms with Crippen molar-refractivity contribution in [1.29, 1.82) is 0 Å². The molecule has 1 aliphatic rings. The highest BCUT2D eigenvalue weighted by molar-refractivity contribution is 5.80. The van der Waals surface area contributed by atoms with Gasteiger partial charge in [-0.1, -0.05) is 39.0 Å². The van der Waals surface area contributed by atoms with Crippen LogP contribution in [0.25, 0.3) is 0 Å². The van der Waals surface area contributed by atoms with E-state index < -0.39 is 0 Å². The summed E-state index contributed by atoms with van der Waals surface area (Å²) in [6, 6.07) is 8.58. The fourth-order valence-electron chi connectivity index (χ4n) is 3.67. The van der Waals surface area contributed by atoms with Gasteiger partial charge in [0.1, 0.15) is 12.4 Å². The molecule has 0 aromatic heterocycles. The Hall–Kier alpha value is -2.28. The van der Waals surface area contributed by atoms with Gasteiger partial charge in [-0.3, -0.25) is 9.69 Å². The lowest BCUT2D eigenvalue weighted by Crippen LogP contribution is -2.50. The maximum Gasteiger partial charge on any atom is 0.234 e. The number of hydrogen-bond donors (Lipinski definition) is 3. The zero-order valence-corrected chi connectivity index (χ0v) is 19.7. The number of para-hydroxylation sites is 1. The van der Waals surface area contributed by atoms with E-state index in [0.29, 0.717) is 31.7 Å². The Bertz CT molecular complexity index is 684. The molecule has 1 saturated heterocycles. The van der Waals surface area contributed by atoms with Gasteiger partial charge in [-0.05, 0) is 43.7 Å². The van der Waals surface area contributed by atoms with Crippen LogP contribution in [0, 0.1) is 0 Å². The number of nitrogens with one attached hydrogen (secondary N) is 3. The summed E-state index contributed by atoms with van der Waals surface area (Å²) >= 11 is 0. The van der Waals surface area contributed by atoms with Gasteiger partial charge in [0.25, 0.3) is 0 Å². The van der Waals surface area contributed by atoms with Crippen molar-refractivity contribution in [3.05, 3.63) is 29.8 Å². The molecule has 31 heavy (non-hydrogen) atoms. The second-order valence-corrected chi connectivity index (χ2v) is 8.35. The number of aliphatic imine (C=N–C) groups is 1. The van der Waals surface area contributed by atoms with Gasteiger partial charge in [0.15, 0.2) is 5.96 Å². The van der Waals surface area contributed by atoms with E-state index in [1.165, 1.54) is 5.56 Å². The summed E-state index contributed by atoms with van der Waals surface area (Å²) in [4.78, 5) is 18.8. The van der Waals surface area contributed by atoms with Crippen molar-refractivity contribution in [2.24, 2.45) is 4.99 Å². The van der Waals surface area contributed by atoms with Crippen LogP contribution < -0.4 is 20.7 Å². The SMILES string of the molecule is CCCNC(=O)CN1CCC(NC(=NCCOc2ccccc2C(C)C)NCC)CC1. The zero-order chi connectivity index (χ0) is 22.5. The Morgan fingerprint density at radius 1 is 1.19 bits per heavy atom. The first kappa shape index (κ1) is 25.0. The molecule has 1 fully saturated rings. The highest BCUT2D eigenvalue weighted by Crippen LogP contribution is 2.25. The quantitative estimate of drug-likeness (QED) is 0.285. The van der Waals surface area contributed by atoms with Crippen molar-refractivity contribution in [3.8, 4) is 5.75 Å². The number of benzene rings is 1. The number of ether oxygens (including phenoxy) is 1. The van der Waals surface area contributed by atoms with Crippen LogP contribution in [0.1, 0.15) is 58.4 Å². The first-order valence-electron chi connectivity index (χ1n) is 11.8. The van der Waals surface area contributed by atoms with Crippen LogP contribution in [0.4, 0.5) is 0 Å². The van der Waals surface area contributed by atoms with Crippen molar-refractivity contribution < 1.29 is 9.53 Å². The second kappa shape index (κ2) is 13.9. The van der Waals surface area contributed by atoms with Gasteiger partial charge in [0.2, 0.25) is 5.91 Å². The fourth-order valence-corrected chi connectivity index (χ4v) is 3.67. The third-order valence-electron chi connectivity index (χ3n) is 5.37. The molecular formula is C24H41N5O2. The first-order chi connectivity index (χ1) is 15.0. The lowest BCUT2D eigenvalue weighted by atomic mass is 10.0. The van der Waals surface area contributed by atoms with Gasteiger partial charge in [-0.2, -0.15) is 0 Å². The maximum absolute atomic E-state index is 11.9. The van der Waals surface area contributed by atoms with Crippen LogP contribution in [0.5, 0.6) is 5.75 Å². The number of piperidine rings is 1. The van der Waals surface area contributed by atoms with Crippen molar-refractivity contribution in [3.63, 3.8) is 0 Å². The topological polar surface area (TPSA) is 78.0 Å². The second-order valence-electron chi connectivity index (χ2n) is 8.35. The van der Waals surface area contributed by atoms with E-state index in [4.69, 9.17) is 9.73 Å². The molecule has 1 heterocycles. The number of carbonyl (C=O) groups is 1. The Balaban J connectivity index is 1.76. The molecule has 1 amide bonds. The van der Waals surface area contributed by atoms with Crippen molar-refractivity contribution >= 4 is 11.9 Å². The molecule has 0 radical (unpaired) electrons. The van der Waals surface area contributed by atoms with E-state index in [9.17, 15) is 4.79 Å². The van der Waals surface area contributed by atoms with E-state index in [-0.39, 0.29) is 5.91 Å². The van der Waals surface area contributed by atoms with Crippen LogP contribution in [-0.4, -0.2) is 68.7 Å². The predicted molar refractivity (Wildman–Crippen MR) is 128 cm³/mol. The largest absolute Gasteiger partial charge is 0.491 e. The summed E-state index contributed by atoms with van der Waals surface area (Å²) in [5.74, 6) is 2.34. The minimum absolute atomic E-state index is 0.127. The number of rotatable bonds is 11. The number of nitrogens with zero attached hydrogens (tertiary/aromatic N) is 2. The molecule has 0 spiro atoms. The average molecular weight is 432 g/mol. The van der Waals surface area contributed by atoms with Crippen molar-refractivity contribution in [2.45, 2.75) is 58.9 Å². The standard InChI is InChI=1S/C24H41N5O2/c1-5-13-26-23(30)18-29-15-11-20(12-16-29)28-24(25-6-2)27-14-17-31-22-10-8-7-9-21(22)19(3)4/h7-10,19-20H,5-6,11-18H2,1-4H3,(H,26,30)(H2,25,27,28). The Labute approximate surface area is 188 Å². The summed E-state index contributed by atoms with van der Waals surface area (Å²) in [7, 11) is 0. The molecule has 0 saturated carbocycles. The average Bonchev–Trinajstić information content (AvgIpc) is 2.77. The fraction of sp³-hybridized carbons (Fsp3) is 0.667. The van der Waals surface area contributed by atoms with Gasteiger partial charge < -0.3 is 20.7 Å². The molecule has 174 valence electrons. The van der Waals surface area contributed by atoms with E-state index >= 15 is 0 Å². The van der Waals surface area contributed by atoms with Crippen LogP contribution in [0.15, 0.2) is 29.3 Å². The van der Waals surface area contributed by atoms with Gasteiger partial charge in [-0.15, -0.1) is 0 Å². The molecule has 0 aliphatic carbocycles. The smallest absolute Gasteiger partial charge is 0.234 e. The Morgan fingerprint density at radius 2 is 1.94 bits per heavy atom. The number of likely N-dealkylation sites (tertiary alicyclic amines) is 1. The van der Waals surface area contributed by atoms with E-state index in [1.54, 1.807) is 0 Å². The van der Waals surface area contributed by atoms with Gasteiger partial charge in [0, 0.05) is 32.2 Å². The van der Waals surface area contributed by atoms with Crippen LogP contribution in [0.3, 0.4) is 0 Å². The predicted octanol–water partition coefficient (Wildman–Crippen LogP) is 2.73. The van der Waals surface area contributed by atoms with Gasteiger partial charge >= 0.3 is 0 Å². The van der Waals surface area contributed by atoms with Crippen molar-refractivity contribution in [2.75, 3.05) is 45.9 Å². The van der Waals surface area contributed by atoms with E-state index in [0.717, 1.165) is 57.2 Å². The highest BCUT2D eigenvalue weighted by atomic mass is 16.5. The van der Waals surface area contributed by atoms with Crippen LogP contribution >= 0.6 is 0 Å². The van der Waals surface area contributed by atoms with E-state index in [1.807, 2.05) is 12.1 Å². The molecule has 1 aromatic carbocycles. The zero-order valence-electron chi connectivity index (χ0n) is 19.7. The molecule has 0 atom stereocenters. The monoisotopic (exact) mass is 431 g/mol. The number of amides is 1. The lowest BCUT2D eigenvalue weighted by Gasteiger charge is -2.32. The van der Waals surface area contributed by atoms with Gasteiger partial charge in [-0.25, -0.2) is 4.99 Å². The van der Waals surface area contributed by atoms with Gasteiger partial charge in [0.05, 0.1) is 13.1 Å². The first-order valence-corrected chi connectivity index (χ1v) is 11.8. The molecular weight excluding hydrogens is 390 g/mol. The third kappa shape index (κ3) is 9.17. The third-order valence-corrected chi connectivity index (χ3v) is 5.37. The minimum atomic E-state index is 0.127. The molecule has 2 rings (SSSR count). The molecule has 0 bridgehead atoms. The maximum atomic E-state index is 11.9. The number of hydrogen-bond acceptors (Lipinski definition) is 4. The van der Waals surface area contributed by atoms with Crippen LogP contribution in [0.2, 0.25) is 0 Å². The lowest BCUT2D eigenvalue weighted by molar-refractivity contribution is -0.122. The summed E-state index contributed by atoms with van der Waals surface area (Å²) in [5.41, 5.74) is 1.23. The molecule has 0 unspecified atom stereocenters. The van der Waals surface area contributed by atoms with Crippen molar-refractivity contribution in [1.82, 2.24) is 20.9 Å². The highest BCUT2D eigenvalue weighted by Gasteiger charge is 2.21. The molecule has 1 aliphatic heterocycles. The Kier molecular flexibility index (Phi) is 11.2. The number of carbonyl (C=O) groups excluding carboxylic acids is 1. The molecule has 7 nitrogen and oxygen atoms in total. The Morgan fingerprint density at radius 3 is 2.61 bits per heavy atom. The summed E-state index contributed by atoms with van der Waals surface area (Å²) in [6.07, 6.45) is 2.98. The summed E-state index contributed by atoms with van der Waals surface area (Å²) in [5, 5.41) is 9.83. The molecule has 7 heteroatoms. The molecule has 1 aromatic rings. The summed E-state index contributed by atoms with van der Waals surface area (Å²) < 4.78 is 5.99. The normalized spacial score (nSPS) is 15.7.